The molecule has 0 radical (unpaired) electrons. The minimum absolute atomic E-state index is 0.0493. The predicted molar refractivity (Wildman–Crippen MR) is 138 cm³/mol. The number of alkyl halides is 1. The van der Waals surface area contributed by atoms with E-state index in [1.807, 2.05) is 60.7 Å². The van der Waals surface area contributed by atoms with Crippen LogP contribution in [0.3, 0.4) is 0 Å². The van der Waals surface area contributed by atoms with Crippen LogP contribution in [0.5, 0.6) is 0 Å². The van der Waals surface area contributed by atoms with E-state index < -0.39 is 29.9 Å². The van der Waals surface area contributed by atoms with Crippen molar-refractivity contribution in [1.29, 1.82) is 0 Å². The van der Waals surface area contributed by atoms with Crippen molar-refractivity contribution in [3.8, 4) is 0 Å². The Hall–Kier alpha value is -3.43. The number of ketones is 1. The van der Waals surface area contributed by atoms with Gasteiger partial charge in [0.25, 0.3) is 0 Å². The molecule has 8 N–H and O–H groups in total. The van der Waals surface area contributed by atoms with Crippen molar-refractivity contribution >= 4 is 35.2 Å². The molecule has 0 saturated carbocycles. The van der Waals surface area contributed by atoms with Crippen molar-refractivity contribution in [2.24, 2.45) is 22.2 Å². The van der Waals surface area contributed by atoms with E-state index in [4.69, 9.17) is 28.8 Å². The van der Waals surface area contributed by atoms with Gasteiger partial charge in [-0.25, -0.2) is 0 Å². The molecule has 0 spiro atoms. The SMILES string of the molecule is NC(N)=NCCCC(NC(=O)[C@H](Cc1ccccc1)NC(=O)[C@H](N)Cc1ccccc1)C(=O)CCl. The number of aliphatic imine (C=N–C) groups is 1. The largest absolute Gasteiger partial charge is 0.370 e. The Labute approximate surface area is 210 Å². The van der Waals surface area contributed by atoms with Gasteiger partial charge in [-0.2, -0.15) is 0 Å². The predicted octanol–water partition coefficient (Wildman–Crippen LogP) is 0.630. The van der Waals surface area contributed by atoms with Crippen LogP contribution in [0.1, 0.15) is 24.0 Å². The molecule has 0 bridgehead atoms. The molecule has 0 saturated heterocycles. The molecule has 188 valence electrons. The zero-order valence-corrected chi connectivity index (χ0v) is 20.3. The lowest BCUT2D eigenvalue weighted by molar-refractivity contribution is -0.131. The van der Waals surface area contributed by atoms with E-state index in [2.05, 4.69) is 15.6 Å². The van der Waals surface area contributed by atoms with E-state index in [0.29, 0.717) is 25.8 Å². The number of hydrogen-bond acceptors (Lipinski definition) is 5. The van der Waals surface area contributed by atoms with Crippen molar-refractivity contribution in [2.45, 2.75) is 43.8 Å². The summed E-state index contributed by atoms with van der Waals surface area (Å²) in [6.07, 6.45) is 1.31. The zero-order chi connectivity index (χ0) is 25.6. The van der Waals surface area contributed by atoms with Gasteiger partial charge >= 0.3 is 0 Å². The fraction of sp³-hybridized carbons (Fsp3) is 0.360. The molecule has 0 fully saturated rings. The number of carbonyl (C=O) groups excluding carboxylic acids is 3. The maximum absolute atomic E-state index is 13.2. The third-order valence-electron chi connectivity index (χ3n) is 5.33. The number of carbonyl (C=O) groups is 3. The third kappa shape index (κ3) is 10.2. The van der Waals surface area contributed by atoms with Crippen LogP contribution >= 0.6 is 11.6 Å². The number of nitrogens with zero attached hydrogens (tertiary/aromatic N) is 1. The number of amides is 2. The number of halogens is 1. The van der Waals surface area contributed by atoms with E-state index in [9.17, 15) is 14.4 Å². The second-order valence-electron chi connectivity index (χ2n) is 8.16. The highest BCUT2D eigenvalue weighted by molar-refractivity contribution is 6.28. The summed E-state index contributed by atoms with van der Waals surface area (Å²) in [6, 6.07) is 16.0. The van der Waals surface area contributed by atoms with Gasteiger partial charge in [0.05, 0.1) is 18.0 Å². The second-order valence-corrected chi connectivity index (χ2v) is 8.42. The summed E-state index contributed by atoms with van der Waals surface area (Å²) in [5.74, 6) is -1.61. The lowest BCUT2D eigenvalue weighted by Gasteiger charge is -2.24. The van der Waals surface area contributed by atoms with Crippen LogP contribution in [-0.4, -0.2) is 54.1 Å². The standard InChI is InChI=1S/C25H33ClN6O3/c26-16-22(33)20(12-7-13-30-25(28)29)31-24(35)21(15-18-10-5-2-6-11-18)32-23(34)19(27)14-17-8-3-1-4-9-17/h1-6,8-11,19-21H,7,12-16,27H2,(H,31,35)(H,32,34)(H4,28,29,30)/t19-,20?,21+/m1/s1. The molecule has 2 amide bonds. The van der Waals surface area contributed by atoms with Crippen molar-refractivity contribution in [3.05, 3.63) is 71.8 Å². The monoisotopic (exact) mass is 500 g/mol. The van der Waals surface area contributed by atoms with Gasteiger partial charge in [0.15, 0.2) is 11.7 Å². The first-order valence-corrected chi connectivity index (χ1v) is 11.9. The summed E-state index contributed by atoms with van der Waals surface area (Å²) in [7, 11) is 0. The van der Waals surface area contributed by atoms with E-state index >= 15 is 0 Å². The lowest BCUT2D eigenvalue weighted by Crippen LogP contribution is -2.55. The molecule has 3 atom stereocenters. The van der Waals surface area contributed by atoms with Crippen LogP contribution in [0, 0.1) is 0 Å². The van der Waals surface area contributed by atoms with Gasteiger partial charge in [0, 0.05) is 13.0 Å². The third-order valence-corrected chi connectivity index (χ3v) is 5.60. The van der Waals surface area contributed by atoms with Crippen molar-refractivity contribution in [1.82, 2.24) is 10.6 Å². The molecule has 0 aliphatic heterocycles. The van der Waals surface area contributed by atoms with Crippen LogP contribution in [0.4, 0.5) is 0 Å². The zero-order valence-electron chi connectivity index (χ0n) is 19.5. The first-order chi connectivity index (χ1) is 16.8. The molecule has 0 aromatic heterocycles. The van der Waals surface area contributed by atoms with Crippen molar-refractivity contribution in [2.75, 3.05) is 12.4 Å². The maximum atomic E-state index is 13.2. The Kier molecular flexibility index (Phi) is 11.7. The Morgan fingerprint density at radius 1 is 0.829 bits per heavy atom. The lowest BCUT2D eigenvalue weighted by atomic mass is 10.0. The molecule has 2 rings (SSSR count). The van der Waals surface area contributed by atoms with E-state index in [0.717, 1.165) is 11.1 Å². The highest BCUT2D eigenvalue weighted by atomic mass is 35.5. The van der Waals surface area contributed by atoms with Crippen LogP contribution in [0.25, 0.3) is 0 Å². The summed E-state index contributed by atoms with van der Waals surface area (Å²) in [5, 5.41) is 5.49. The minimum Gasteiger partial charge on any atom is -0.370 e. The van der Waals surface area contributed by atoms with Gasteiger partial charge in [-0.1, -0.05) is 60.7 Å². The summed E-state index contributed by atoms with van der Waals surface area (Å²) >= 11 is 5.75. The highest BCUT2D eigenvalue weighted by Crippen LogP contribution is 2.08. The molecule has 0 aliphatic carbocycles. The van der Waals surface area contributed by atoms with Gasteiger partial charge in [0.2, 0.25) is 11.8 Å². The van der Waals surface area contributed by atoms with E-state index in [1.165, 1.54) is 0 Å². The Bertz CT molecular complexity index is 983. The summed E-state index contributed by atoms with van der Waals surface area (Å²) in [4.78, 5) is 42.3. The van der Waals surface area contributed by atoms with Crippen LogP contribution in [-0.2, 0) is 27.2 Å². The number of hydrogen-bond donors (Lipinski definition) is 5. The van der Waals surface area contributed by atoms with E-state index in [1.54, 1.807) is 0 Å². The van der Waals surface area contributed by atoms with E-state index in [-0.39, 0.29) is 24.0 Å². The number of nitrogens with two attached hydrogens (primary N) is 3. The van der Waals surface area contributed by atoms with Gasteiger partial charge in [0.1, 0.15) is 6.04 Å². The summed E-state index contributed by atoms with van der Waals surface area (Å²) < 4.78 is 0. The Morgan fingerprint density at radius 3 is 1.91 bits per heavy atom. The van der Waals surface area contributed by atoms with Gasteiger partial charge in [-0.15, -0.1) is 11.6 Å². The minimum atomic E-state index is -0.935. The molecule has 10 heteroatoms. The molecular formula is C25H33ClN6O3. The average molecular weight is 501 g/mol. The molecule has 35 heavy (non-hydrogen) atoms. The average Bonchev–Trinajstić information content (AvgIpc) is 2.85. The number of Topliss-reactive ketones (excluding diaryl/α,β-unsaturated/α-hetero) is 1. The molecular weight excluding hydrogens is 468 g/mol. The molecule has 2 aromatic carbocycles. The van der Waals surface area contributed by atoms with Crippen LogP contribution in [0.2, 0.25) is 0 Å². The number of rotatable bonds is 14. The van der Waals surface area contributed by atoms with Crippen LogP contribution < -0.4 is 27.8 Å². The van der Waals surface area contributed by atoms with Gasteiger partial charge < -0.3 is 27.8 Å². The number of guanidine groups is 1. The Balaban J connectivity index is 2.11. The second kappa shape index (κ2) is 14.7. The highest BCUT2D eigenvalue weighted by Gasteiger charge is 2.28. The van der Waals surface area contributed by atoms with Gasteiger partial charge in [-0.3, -0.25) is 19.4 Å². The molecule has 0 heterocycles. The quantitative estimate of drug-likeness (QED) is 0.110. The molecule has 1 unspecified atom stereocenters. The fourth-order valence-corrected chi connectivity index (χ4v) is 3.67. The first-order valence-electron chi connectivity index (χ1n) is 11.4. The normalized spacial score (nSPS) is 13.2. The molecule has 2 aromatic rings. The van der Waals surface area contributed by atoms with Crippen LogP contribution in [0.15, 0.2) is 65.7 Å². The summed E-state index contributed by atoms with van der Waals surface area (Å²) in [6.45, 7) is 0.308. The van der Waals surface area contributed by atoms with Crippen molar-refractivity contribution in [3.63, 3.8) is 0 Å². The number of benzene rings is 2. The fourth-order valence-electron chi connectivity index (χ4n) is 3.48. The molecule has 0 aliphatic rings. The maximum Gasteiger partial charge on any atom is 0.243 e. The topological polar surface area (TPSA) is 166 Å². The number of nitrogens with one attached hydrogen (secondary N) is 2. The van der Waals surface area contributed by atoms with Gasteiger partial charge in [-0.05, 0) is 30.4 Å². The molecule has 9 nitrogen and oxygen atoms in total. The smallest absolute Gasteiger partial charge is 0.243 e. The first kappa shape index (κ1) is 27.8. The Morgan fingerprint density at radius 2 is 1.37 bits per heavy atom. The summed E-state index contributed by atoms with van der Waals surface area (Å²) in [5.41, 5.74) is 18.5. The van der Waals surface area contributed by atoms with Crippen molar-refractivity contribution < 1.29 is 14.4 Å².